The summed E-state index contributed by atoms with van der Waals surface area (Å²) in [6, 6.07) is 5.90. The Labute approximate surface area is 125 Å². The molecule has 1 aliphatic rings. The fourth-order valence-corrected chi connectivity index (χ4v) is 2.12. The average Bonchev–Trinajstić information content (AvgIpc) is 2.45. The van der Waals surface area contributed by atoms with Crippen LogP contribution in [0.25, 0.3) is 6.08 Å². The lowest BCUT2D eigenvalue weighted by Gasteiger charge is -2.38. The molecule has 0 aliphatic carbocycles. The van der Waals surface area contributed by atoms with E-state index < -0.39 is 23.5 Å². The molecule has 1 N–H and O–H groups in total. The van der Waals surface area contributed by atoms with Crippen molar-refractivity contribution in [3.8, 4) is 5.75 Å². The molecule has 2 rings (SSSR count). The summed E-state index contributed by atoms with van der Waals surface area (Å²) in [7, 11) is 0. The molecular formula is C15H15F3O4. The van der Waals surface area contributed by atoms with E-state index in [0.29, 0.717) is 12.8 Å². The fraction of sp³-hybridized carbons (Fsp3) is 0.400. The van der Waals surface area contributed by atoms with Crippen LogP contribution in [0.3, 0.4) is 0 Å². The normalized spacial score (nSPS) is 20.8. The Kier molecular flexibility index (Phi) is 4.46. The number of carbonyl (C=O) groups is 1. The predicted molar refractivity (Wildman–Crippen MR) is 72.3 cm³/mol. The fourth-order valence-electron chi connectivity index (χ4n) is 2.12. The molecule has 0 saturated carbocycles. The summed E-state index contributed by atoms with van der Waals surface area (Å²) in [4.78, 5) is 11.3. The number of carboxylic acid groups (broad SMARTS) is 1. The smallest absolute Gasteiger partial charge is 0.460 e. The number of unbranched alkanes of at least 4 members (excludes halogenated alkanes) is 1. The minimum absolute atomic E-state index is 0.0682. The Morgan fingerprint density at radius 1 is 1.36 bits per heavy atom. The highest BCUT2D eigenvalue weighted by Crippen LogP contribution is 2.46. The van der Waals surface area contributed by atoms with Gasteiger partial charge in [-0.25, -0.2) is 4.79 Å². The lowest BCUT2D eigenvalue weighted by atomic mass is 9.97. The van der Waals surface area contributed by atoms with E-state index in [0.717, 1.165) is 6.08 Å². The first kappa shape index (κ1) is 16.4. The molecule has 0 saturated heterocycles. The van der Waals surface area contributed by atoms with Gasteiger partial charge in [-0.2, -0.15) is 13.2 Å². The van der Waals surface area contributed by atoms with Gasteiger partial charge in [-0.05, 0) is 18.6 Å². The average molecular weight is 316 g/mol. The molecule has 7 heteroatoms. The minimum atomic E-state index is -5.03. The van der Waals surface area contributed by atoms with E-state index >= 15 is 0 Å². The summed E-state index contributed by atoms with van der Waals surface area (Å²) < 4.78 is 50.6. The largest absolute Gasteiger partial charge is 0.478 e. The van der Waals surface area contributed by atoms with Crippen LogP contribution in [0.4, 0.5) is 13.2 Å². The molecular weight excluding hydrogens is 301 g/mol. The van der Waals surface area contributed by atoms with Gasteiger partial charge in [-0.3, -0.25) is 0 Å². The molecule has 120 valence electrons. The summed E-state index contributed by atoms with van der Waals surface area (Å²) in [5.74, 6) is -5.09. The summed E-state index contributed by atoms with van der Waals surface area (Å²) in [6.07, 6.45) is -3.12. The SMILES string of the molecule is CCCCOC1(C(F)(F)F)Oc2ccccc2C=C1C(=O)O. The van der Waals surface area contributed by atoms with Gasteiger partial charge in [0.1, 0.15) is 11.3 Å². The van der Waals surface area contributed by atoms with Crippen molar-refractivity contribution in [2.24, 2.45) is 0 Å². The van der Waals surface area contributed by atoms with Gasteiger partial charge in [0.2, 0.25) is 0 Å². The Morgan fingerprint density at radius 3 is 2.64 bits per heavy atom. The molecule has 1 heterocycles. The van der Waals surface area contributed by atoms with E-state index in [1.807, 2.05) is 0 Å². The van der Waals surface area contributed by atoms with Gasteiger partial charge in [0.05, 0.1) is 6.61 Å². The quantitative estimate of drug-likeness (QED) is 0.843. The molecule has 1 aromatic rings. The number of alkyl halides is 3. The first-order valence-electron chi connectivity index (χ1n) is 6.76. The molecule has 1 aliphatic heterocycles. The molecule has 22 heavy (non-hydrogen) atoms. The molecule has 0 fully saturated rings. The predicted octanol–water partition coefficient (Wildman–Crippen LogP) is 3.62. The molecule has 0 aromatic heterocycles. The van der Waals surface area contributed by atoms with Crippen LogP contribution in [-0.4, -0.2) is 29.6 Å². The number of rotatable bonds is 5. The van der Waals surface area contributed by atoms with Gasteiger partial charge in [0.25, 0.3) is 0 Å². The van der Waals surface area contributed by atoms with Crippen LogP contribution in [0.5, 0.6) is 5.75 Å². The second kappa shape index (κ2) is 6.00. The summed E-state index contributed by atoms with van der Waals surface area (Å²) >= 11 is 0. The number of hydrogen-bond donors (Lipinski definition) is 1. The van der Waals surface area contributed by atoms with Crippen molar-refractivity contribution in [1.29, 1.82) is 0 Å². The van der Waals surface area contributed by atoms with Gasteiger partial charge >= 0.3 is 17.9 Å². The highest BCUT2D eigenvalue weighted by atomic mass is 19.4. The molecule has 1 atom stereocenters. The maximum absolute atomic E-state index is 13.6. The Hall–Kier alpha value is -2.02. The van der Waals surface area contributed by atoms with Crippen molar-refractivity contribution in [3.63, 3.8) is 0 Å². The van der Waals surface area contributed by atoms with Crippen LogP contribution in [0.15, 0.2) is 29.8 Å². The second-order valence-electron chi connectivity index (χ2n) is 4.82. The number of halogens is 3. The lowest BCUT2D eigenvalue weighted by molar-refractivity contribution is -0.334. The number of carboxylic acids is 1. The lowest BCUT2D eigenvalue weighted by Crippen LogP contribution is -2.57. The van der Waals surface area contributed by atoms with E-state index in [4.69, 9.17) is 9.47 Å². The Bertz CT molecular complexity index is 595. The maximum Gasteiger partial charge on any atom is 0.460 e. The number of benzene rings is 1. The van der Waals surface area contributed by atoms with E-state index in [1.165, 1.54) is 18.2 Å². The third-order valence-corrected chi connectivity index (χ3v) is 3.23. The molecule has 0 bridgehead atoms. The van der Waals surface area contributed by atoms with Gasteiger partial charge in [-0.1, -0.05) is 31.5 Å². The maximum atomic E-state index is 13.6. The zero-order valence-corrected chi connectivity index (χ0v) is 11.8. The molecule has 0 spiro atoms. The van der Waals surface area contributed by atoms with Gasteiger partial charge in [0.15, 0.2) is 0 Å². The summed E-state index contributed by atoms with van der Waals surface area (Å²) in [5.41, 5.74) is -0.714. The number of ether oxygens (including phenoxy) is 2. The number of para-hydroxylation sites is 1. The zero-order chi connectivity index (χ0) is 16.4. The van der Waals surface area contributed by atoms with Crippen molar-refractivity contribution in [2.45, 2.75) is 31.7 Å². The minimum Gasteiger partial charge on any atom is -0.478 e. The van der Waals surface area contributed by atoms with Crippen molar-refractivity contribution in [2.75, 3.05) is 6.61 Å². The number of aliphatic carboxylic acids is 1. The molecule has 0 radical (unpaired) electrons. The molecule has 0 amide bonds. The standard InChI is InChI=1S/C15H15F3O4/c1-2-3-8-21-14(15(16,17)18)11(13(19)20)9-10-6-4-5-7-12(10)22-14/h4-7,9H,2-3,8H2,1H3,(H,19,20). The third-order valence-electron chi connectivity index (χ3n) is 3.23. The number of fused-ring (bicyclic) bond motifs is 1. The van der Waals surface area contributed by atoms with Crippen LogP contribution < -0.4 is 4.74 Å². The first-order valence-corrected chi connectivity index (χ1v) is 6.76. The van der Waals surface area contributed by atoms with Crippen LogP contribution in [0, 0.1) is 0 Å². The van der Waals surface area contributed by atoms with E-state index in [-0.39, 0.29) is 17.9 Å². The van der Waals surface area contributed by atoms with E-state index in [9.17, 15) is 23.1 Å². The van der Waals surface area contributed by atoms with E-state index in [1.54, 1.807) is 13.0 Å². The monoisotopic (exact) mass is 316 g/mol. The van der Waals surface area contributed by atoms with Crippen molar-refractivity contribution in [1.82, 2.24) is 0 Å². The van der Waals surface area contributed by atoms with Crippen LogP contribution >= 0.6 is 0 Å². The molecule has 4 nitrogen and oxygen atoms in total. The van der Waals surface area contributed by atoms with Crippen molar-refractivity contribution in [3.05, 3.63) is 35.4 Å². The topological polar surface area (TPSA) is 55.8 Å². The summed E-state index contributed by atoms with van der Waals surface area (Å²) in [5, 5.41) is 9.19. The summed E-state index contributed by atoms with van der Waals surface area (Å²) in [6.45, 7) is 1.53. The Morgan fingerprint density at radius 2 is 2.05 bits per heavy atom. The van der Waals surface area contributed by atoms with Gasteiger partial charge in [-0.15, -0.1) is 0 Å². The highest BCUT2D eigenvalue weighted by molar-refractivity contribution is 5.95. The molecule has 1 unspecified atom stereocenters. The Balaban J connectivity index is 2.54. The third kappa shape index (κ3) is 2.81. The van der Waals surface area contributed by atoms with Crippen LogP contribution in [0.1, 0.15) is 25.3 Å². The first-order chi connectivity index (χ1) is 10.3. The van der Waals surface area contributed by atoms with E-state index in [2.05, 4.69) is 0 Å². The van der Waals surface area contributed by atoms with Crippen LogP contribution in [0.2, 0.25) is 0 Å². The van der Waals surface area contributed by atoms with Gasteiger partial charge < -0.3 is 14.6 Å². The van der Waals surface area contributed by atoms with Crippen molar-refractivity contribution >= 4 is 12.0 Å². The van der Waals surface area contributed by atoms with Crippen molar-refractivity contribution < 1.29 is 32.5 Å². The highest BCUT2D eigenvalue weighted by Gasteiger charge is 2.65. The second-order valence-corrected chi connectivity index (χ2v) is 4.82. The van der Waals surface area contributed by atoms with Gasteiger partial charge in [0, 0.05) is 5.56 Å². The molecule has 1 aromatic carbocycles. The zero-order valence-electron chi connectivity index (χ0n) is 11.8. The number of hydrogen-bond acceptors (Lipinski definition) is 3. The van der Waals surface area contributed by atoms with Crippen LogP contribution in [-0.2, 0) is 9.53 Å².